The second-order valence-corrected chi connectivity index (χ2v) is 5.15. The highest BCUT2D eigenvalue weighted by molar-refractivity contribution is 7.11. The Hall–Kier alpha value is -0.380. The molecule has 1 aliphatic rings. The third-order valence-electron chi connectivity index (χ3n) is 2.69. The average Bonchev–Trinajstić information content (AvgIpc) is 2.76. The lowest BCUT2D eigenvalue weighted by molar-refractivity contribution is 0.175. The van der Waals surface area contributed by atoms with Crippen molar-refractivity contribution in [1.82, 2.24) is 4.90 Å². The summed E-state index contributed by atoms with van der Waals surface area (Å²) < 4.78 is 0. The number of aryl methyl sites for hydroxylation is 1. The Balaban J connectivity index is 1.90. The molecule has 0 unspecified atom stereocenters. The highest BCUT2D eigenvalue weighted by Crippen LogP contribution is 2.20. The van der Waals surface area contributed by atoms with Crippen LogP contribution >= 0.6 is 11.3 Å². The second-order valence-electron chi connectivity index (χ2n) is 3.90. The number of hydrogen-bond donors (Lipinski definition) is 1. The summed E-state index contributed by atoms with van der Waals surface area (Å²) in [7, 11) is 0. The molecule has 0 aliphatic carbocycles. The van der Waals surface area contributed by atoms with Crippen LogP contribution in [-0.2, 0) is 13.0 Å². The molecule has 1 atom stereocenters. The predicted molar refractivity (Wildman–Crippen MR) is 59.6 cm³/mol. The molecule has 1 aromatic heterocycles. The lowest BCUT2D eigenvalue weighted by Gasteiger charge is -2.12. The summed E-state index contributed by atoms with van der Waals surface area (Å²) in [4.78, 5) is 5.21. The largest absolute Gasteiger partial charge is 0.392 e. The van der Waals surface area contributed by atoms with E-state index in [-0.39, 0.29) is 6.10 Å². The molecule has 2 nitrogen and oxygen atoms in total. The molecule has 0 radical (unpaired) electrons. The number of β-amino-alcohol motifs (C(OH)–C–C–N with tert-alkyl or cyclic N) is 1. The van der Waals surface area contributed by atoms with Gasteiger partial charge in [-0.1, -0.05) is 6.92 Å². The molecular weight excluding hydrogens is 194 g/mol. The van der Waals surface area contributed by atoms with Gasteiger partial charge in [-0.2, -0.15) is 0 Å². The van der Waals surface area contributed by atoms with Gasteiger partial charge in [0, 0.05) is 29.4 Å². The normalized spacial score (nSPS) is 23.1. The fraction of sp³-hybridized carbons (Fsp3) is 0.636. The summed E-state index contributed by atoms with van der Waals surface area (Å²) in [5, 5.41) is 9.39. The topological polar surface area (TPSA) is 23.5 Å². The van der Waals surface area contributed by atoms with Crippen LogP contribution in [0.25, 0.3) is 0 Å². The van der Waals surface area contributed by atoms with E-state index < -0.39 is 0 Å². The van der Waals surface area contributed by atoms with Crippen molar-refractivity contribution in [2.24, 2.45) is 0 Å². The minimum atomic E-state index is -0.0967. The van der Waals surface area contributed by atoms with Gasteiger partial charge >= 0.3 is 0 Å². The lowest BCUT2D eigenvalue weighted by Crippen LogP contribution is -2.20. The van der Waals surface area contributed by atoms with E-state index in [0.717, 1.165) is 32.5 Å². The van der Waals surface area contributed by atoms with Gasteiger partial charge in [-0.15, -0.1) is 11.3 Å². The van der Waals surface area contributed by atoms with Gasteiger partial charge in [0.2, 0.25) is 0 Å². The van der Waals surface area contributed by atoms with Crippen LogP contribution in [0.2, 0.25) is 0 Å². The summed E-state index contributed by atoms with van der Waals surface area (Å²) >= 11 is 1.90. The fourth-order valence-electron chi connectivity index (χ4n) is 1.87. The number of hydrogen-bond acceptors (Lipinski definition) is 3. The van der Waals surface area contributed by atoms with E-state index in [1.165, 1.54) is 9.75 Å². The highest BCUT2D eigenvalue weighted by atomic mass is 32.1. The van der Waals surface area contributed by atoms with Gasteiger partial charge in [-0.25, -0.2) is 0 Å². The Bertz CT molecular complexity index is 297. The van der Waals surface area contributed by atoms with E-state index in [9.17, 15) is 5.11 Å². The maximum atomic E-state index is 9.39. The van der Waals surface area contributed by atoms with Gasteiger partial charge in [0.05, 0.1) is 6.10 Å². The number of rotatable bonds is 3. The Morgan fingerprint density at radius 2 is 2.29 bits per heavy atom. The maximum absolute atomic E-state index is 9.39. The van der Waals surface area contributed by atoms with E-state index in [1.54, 1.807) is 0 Å². The van der Waals surface area contributed by atoms with Gasteiger partial charge < -0.3 is 5.11 Å². The van der Waals surface area contributed by atoms with Crippen molar-refractivity contribution in [3.8, 4) is 0 Å². The molecule has 1 aromatic rings. The molecule has 0 amide bonds. The quantitative estimate of drug-likeness (QED) is 0.825. The first-order chi connectivity index (χ1) is 6.78. The highest BCUT2D eigenvalue weighted by Gasteiger charge is 2.20. The molecule has 1 aliphatic heterocycles. The van der Waals surface area contributed by atoms with Crippen LogP contribution in [-0.4, -0.2) is 29.2 Å². The van der Waals surface area contributed by atoms with Gasteiger partial charge in [0.15, 0.2) is 0 Å². The first-order valence-electron chi connectivity index (χ1n) is 5.26. The summed E-state index contributed by atoms with van der Waals surface area (Å²) in [5.74, 6) is 0. The fourth-order valence-corrected chi connectivity index (χ4v) is 2.87. The molecule has 0 spiro atoms. The maximum Gasteiger partial charge on any atom is 0.0679 e. The molecule has 2 rings (SSSR count). The first-order valence-corrected chi connectivity index (χ1v) is 6.07. The van der Waals surface area contributed by atoms with Crippen molar-refractivity contribution in [2.75, 3.05) is 13.1 Å². The molecule has 0 saturated carbocycles. The van der Waals surface area contributed by atoms with E-state index >= 15 is 0 Å². The average molecular weight is 211 g/mol. The summed E-state index contributed by atoms with van der Waals surface area (Å²) in [6, 6.07) is 4.43. The zero-order valence-corrected chi connectivity index (χ0v) is 9.39. The molecule has 0 aromatic carbocycles. The van der Waals surface area contributed by atoms with E-state index in [0.29, 0.717) is 0 Å². The number of aliphatic hydroxyl groups is 1. The van der Waals surface area contributed by atoms with Crippen LogP contribution in [0, 0.1) is 0 Å². The van der Waals surface area contributed by atoms with Crippen molar-refractivity contribution < 1.29 is 5.11 Å². The van der Waals surface area contributed by atoms with Crippen molar-refractivity contribution in [1.29, 1.82) is 0 Å². The van der Waals surface area contributed by atoms with Crippen LogP contribution < -0.4 is 0 Å². The molecule has 1 N–H and O–H groups in total. The van der Waals surface area contributed by atoms with Crippen molar-refractivity contribution in [3.05, 3.63) is 21.9 Å². The van der Waals surface area contributed by atoms with E-state index in [4.69, 9.17) is 0 Å². The summed E-state index contributed by atoms with van der Waals surface area (Å²) in [5.41, 5.74) is 0. The van der Waals surface area contributed by atoms with Gasteiger partial charge in [-0.3, -0.25) is 4.90 Å². The van der Waals surface area contributed by atoms with Crippen molar-refractivity contribution in [2.45, 2.75) is 32.4 Å². The molecule has 1 saturated heterocycles. The zero-order valence-electron chi connectivity index (χ0n) is 8.57. The number of aliphatic hydroxyl groups excluding tert-OH is 1. The standard InChI is InChI=1S/C11H17NOS/c1-2-10-3-4-11(14-10)8-12-6-5-9(13)7-12/h3-4,9,13H,2,5-8H2,1H3/t9-/m1/s1. The smallest absolute Gasteiger partial charge is 0.0679 e. The van der Waals surface area contributed by atoms with Crippen LogP contribution in [0.15, 0.2) is 12.1 Å². The zero-order chi connectivity index (χ0) is 9.97. The lowest BCUT2D eigenvalue weighted by atomic mass is 10.3. The van der Waals surface area contributed by atoms with Gasteiger partial charge in [0.1, 0.15) is 0 Å². The van der Waals surface area contributed by atoms with Crippen LogP contribution in [0.5, 0.6) is 0 Å². The van der Waals surface area contributed by atoms with Crippen LogP contribution in [0.1, 0.15) is 23.1 Å². The third kappa shape index (κ3) is 2.35. The van der Waals surface area contributed by atoms with Crippen LogP contribution in [0.3, 0.4) is 0 Å². The Morgan fingerprint density at radius 3 is 2.86 bits per heavy atom. The number of thiophene rings is 1. The second kappa shape index (κ2) is 4.43. The third-order valence-corrected chi connectivity index (χ3v) is 3.91. The van der Waals surface area contributed by atoms with E-state index in [1.807, 2.05) is 11.3 Å². The SMILES string of the molecule is CCc1ccc(CN2CC[C@@H](O)C2)s1. The molecule has 1 fully saturated rings. The van der Waals surface area contributed by atoms with Crippen molar-refractivity contribution in [3.63, 3.8) is 0 Å². The van der Waals surface area contributed by atoms with Gasteiger partial charge in [-0.05, 0) is 25.0 Å². The van der Waals surface area contributed by atoms with E-state index in [2.05, 4.69) is 24.0 Å². The first kappa shape index (κ1) is 10.1. The number of likely N-dealkylation sites (tertiary alicyclic amines) is 1. The minimum Gasteiger partial charge on any atom is -0.392 e. The minimum absolute atomic E-state index is 0.0967. The molecular formula is C11H17NOS. The monoisotopic (exact) mass is 211 g/mol. The Labute approximate surface area is 89.2 Å². The molecule has 14 heavy (non-hydrogen) atoms. The molecule has 2 heterocycles. The summed E-state index contributed by atoms with van der Waals surface area (Å²) in [6.07, 6.45) is 1.97. The summed E-state index contributed by atoms with van der Waals surface area (Å²) in [6.45, 7) is 5.09. The molecule has 0 bridgehead atoms. The van der Waals surface area contributed by atoms with Crippen molar-refractivity contribution >= 4 is 11.3 Å². The number of nitrogens with zero attached hydrogens (tertiary/aromatic N) is 1. The van der Waals surface area contributed by atoms with Gasteiger partial charge in [0.25, 0.3) is 0 Å². The Morgan fingerprint density at radius 1 is 1.50 bits per heavy atom. The van der Waals surface area contributed by atoms with Crippen LogP contribution in [0.4, 0.5) is 0 Å². The predicted octanol–water partition coefficient (Wildman–Crippen LogP) is 1.88. The molecule has 78 valence electrons. The molecule has 3 heteroatoms. The Kier molecular flexibility index (Phi) is 3.21.